The van der Waals surface area contributed by atoms with Crippen LogP contribution in [0.1, 0.15) is 11.3 Å². The van der Waals surface area contributed by atoms with Crippen LogP contribution in [0.15, 0.2) is 60.9 Å². The second-order valence-corrected chi connectivity index (χ2v) is 6.19. The van der Waals surface area contributed by atoms with Crippen molar-refractivity contribution in [1.82, 2.24) is 9.97 Å². The lowest BCUT2D eigenvalue weighted by Gasteiger charge is -2.21. The van der Waals surface area contributed by atoms with E-state index in [1.165, 1.54) is 6.07 Å². The Labute approximate surface area is 163 Å². The number of hydrogen-bond donors (Lipinski definition) is 1. The van der Waals surface area contributed by atoms with Crippen molar-refractivity contribution >= 4 is 23.4 Å². The molecule has 3 rings (SSSR count). The first-order valence-corrected chi connectivity index (χ1v) is 8.37. The first-order chi connectivity index (χ1) is 13.3. The largest absolute Gasteiger partial charge is 0.465 e. The van der Waals surface area contributed by atoms with Gasteiger partial charge in [-0.25, -0.2) is 4.79 Å². The number of amides is 1. The van der Waals surface area contributed by atoms with Crippen LogP contribution in [-0.4, -0.2) is 21.2 Å². The average molecular weight is 408 g/mol. The molecule has 0 spiro atoms. The Bertz CT molecular complexity index is 997. The maximum Gasteiger partial charge on any atom is 0.417 e. The number of carbonyl (C=O) groups is 1. The number of alkyl halides is 3. The van der Waals surface area contributed by atoms with E-state index >= 15 is 0 Å². The zero-order valence-electron chi connectivity index (χ0n) is 14.2. The molecule has 0 bridgehead atoms. The number of anilines is 1. The normalized spacial score (nSPS) is 11.3. The minimum Gasteiger partial charge on any atom is -0.465 e. The summed E-state index contributed by atoms with van der Waals surface area (Å²) in [6, 6.07) is 11.5. The van der Waals surface area contributed by atoms with Gasteiger partial charge in [-0.2, -0.15) is 13.2 Å². The lowest BCUT2D eigenvalue weighted by molar-refractivity contribution is -0.137. The molecule has 5 nitrogen and oxygen atoms in total. The molecular formula is C19H13ClF3N3O2. The molecule has 144 valence electrons. The maximum atomic E-state index is 13.1. The SMILES string of the molecule is O=C(O)N(Cc1cccc(-c2cccnc2)n1)c1ccc(Cl)c(C(F)(F)F)c1. The molecule has 1 N–H and O–H groups in total. The summed E-state index contributed by atoms with van der Waals surface area (Å²) in [5, 5.41) is 9.01. The van der Waals surface area contributed by atoms with E-state index in [0.717, 1.165) is 16.5 Å². The van der Waals surface area contributed by atoms with Crippen LogP contribution in [0.2, 0.25) is 5.02 Å². The fourth-order valence-corrected chi connectivity index (χ4v) is 2.80. The average Bonchev–Trinajstić information content (AvgIpc) is 2.66. The van der Waals surface area contributed by atoms with Crippen LogP contribution in [0.3, 0.4) is 0 Å². The summed E-state index contributed by atoms with van der Waals surface area (Å²) in [5.74, 6) is 0. The van der Waals surface area contributed by atoms with Gasteiger partial charge >= 0.3 is 12.3 Å². The zero-order chi connectivity index (χ0) is 20.3. The third-order valence-corrected chi connectivity index (χ3v) is 4.21. The van der Waals surface area contributed by atoms with Gasteiger partial charge in [-0.15, -0.1) is 0 Å². The Morgan fingerprint density at radius 3 is 2.57 bits per heavy atom. The molecule has 28 heavy (non-hydrogen) atoms. The minimum atomic E-state index is -4.70. The van der Waals surface area contributed by atoms with Gasteiger partial charge in [-0.1, -0.05) is 17.7 Å². The Morgan fingerprint density at radius 2 is 1.93 bits per heavy atom. The van der Waals surface area contributed by atoms with E-state index in [1.54, 1.807) is 42.7 Å². The molecule has 2 aromatic heterocycles. The topological polar surface area (TPSA) is 66.3 Å². The Balaban J connectivity index is 1.94. The van der Waals surface area contributed by atoms with Crippen molar-refractivity contribution in [1.29, 1.82) is 0 Å². The van der Waals surface area contributed by atoms with E-state index in [4.69, 9.17) is 11.6 Å². The fraction of sp³-hybridized carbons (Fsp3) is 0.105. The smallest absolute Gasteiger partial charge is 0.417 e. The number of hydrogen-bond acceptors (Lipinski definition) is 3. The summed E-state index contributed by atoms with van der Waals surface area (Å²) in [6.45, 7) is -0.234. The number of rotatable bonds is 4. The van der Waals surface area contributed by atoms with Crippen molar-refractivity contribution < 1.29 is 23.1 Å². The second kappa shape index (κ2) is 7.85. The number of nitrogens with zero attached hydrogens (tertiary/aromatic N) is 3. The summed E-state index contributed by atoms with van der Waals surface area (Å²) in [5.41, 5.74) is 0.417. The van der Waals surface area contributed by atoms with Crippen LogP contribution < -0.4 is 4.90 Å². The third kappa shape index (κ3) is 4.40. The molecule has 0 aliphatic carbocycles. The number of halogens is 4. The van der Waals surface area contributed by atoms with Gasteiger partial charge in [-0.05, 0) is 42.5 Å². The highest BCUT2D eigenvalue weighted by Crippen LogP contribution is 2.37. The molecule has 3 aromatic rings. The molecule has 0 fully saturated rings. The van der Waals surface area contributed by atoms with Gasteiger partial charge in [0.1, 0.15) is 0 Å². The standard InChI is InChI=1S/C19H13ClF3N3O2/c20-16-7-6-14(9-15(16)19(21,22)23)26(18(27)28)11-13-4-1-5-17(25-13)12-3-2-8-24-10-12/h1-10H,11H2,(H,27,28). The first kappa shape index (κ1) is 19.6. The highest BCUT2D eigenvalue weighted by atomic mass is 35.5. The Hall–Kier alpha value is -3.13. The number of carboxylic acid groups (broad SMARTS) is 1. The maximum absolute atomic E-state index is 13.1. The number of aromatic nitrogens is 2. The monoisotopic (exact) mass is 407 g/mol. The summed E-state index contributed by atoms with van der Waals surface area (Å²) < 4.78 is 39.3. The van der Waals surface area contributed by atoms with E-state index in [9.17, 15) is 23.1 Å². The van der Waals surface area contributed by atoms with Crippen molar-refractivity contribution in [3.63, 3.8) is 0 Å². The lowest BCUT2D eigenvalue weighted by Crippen LogP contribution is -2.29. The second-order valence-electron chi connectivity index (χ2n) is 5.79. The van der Waals surface area contributed by atoms with Crippen LogP contribution in [0.25, 0.3) is 11.3 Å². The minimum absolute atomic E-state index is 0.155. The molecule has 0 aliphatic rings. The molecule has 0 aliphatic heterocycles. The van der Waals surface area contributed by atoms with Gasteiger partial charge < -0.3 is 5.11 Å². The first-order valence-electron chi connectivity index (χ1n) is 7.99. The van der Waals surface area contributed by atoms with Crippen molar-refractivity contribution in [2.75, 3.05) is 4.90 Å². The van der Waals surface area contributed by atoms with Crippen molar-refractivity contribution in [2.24, 2.45) is 0 Å². The quantitative estimate of drug-likeness (QED) is 0.620. The zero-order valence-corrected chi connectivity index (χ0v) is 14.9. The van der Waals surface area contributed by atoms with E-state index < -0.39 is 22.9 Å². The molecular weight excluding hydrogens is 395 g/mol. The van der Waals surface area contributed by atoms with Crippen LogP contribution in [0.5, 0.6) is 0 Å². The summed E-state index contributed by atoms with van der Waals surface area (Å²) >= 11 is 5.61. The molecule has 1 aromatic carbocycles. The van der Waals surface area contributed by atoms with Gasteiger partial charge in [0, 0.05) is 23.6 Å². The summed E-state index contributed by atoms with van der Waals surface area (Å²) in [6.07, 6.45) is -2.90. The van der Waals surface area contributed by atoms with Gasteiger partial charge in [-0.3, -0.25) is 14.9 Å². The van der Waals surface area contributed by atoms with Gasteiger partial charge in [0.25, 0.3) is 0 Å². The molecule has 0 saturated carbocycles. The van der Waals surface area contributed by atoms with Gasteiger partial charge in [0.2, 0.25) is 0 Å². The predicted octanol–water partition coefficient (Wildman–Crippen LogP) is 5.50. The van der Waals surface area contributed by atoms with E-state index in [2.05, 4.69) is 9.97 Å². The van der Waals surface area contributed by atoms with Crippen LogP contribution in [0.4, 0.5) is 23.7 Å². The highest BCUT2D eigenvalue weighted by Gasteiger charge is 2.34. The van der Waals surface area contributed by atoms with Gasteiger partial charge in [0.15, 0.2) is 0 Å². The predicted molar refractivity (Wildman–Crippen MR) is 98.1 cm³/mol. The van der Waals surface area contributed by atoms with Crippen molar-refractivity contribution in [3.05, 3.63) is 77.2 Å². The van der Waals surface area contributed by atoms with E-state index in [-0.39, 0.29) is 12.2 Å². The fourth-order valence-electron chi connectivity index (χ4n) is 2.57. The van der Waals surface area contributed by atoms with Crippen molar-refractivity contribution in [3.8, 4) is 11.3 Å². The van der Waals surface area contributed by atoms with Crippen molar-refractivity contribution in [2.45, 2.75) is 12.7 Å². The van der Waals surface area contributed by atoms with E-state index in [1.807, 2.05) is 0 Å². The highest BCUT2D eigenvalue weighted by molar-refractivity contribution is 6.31. The summed E-state index contributed by atoms with van der Waals surface area (Å²) in [7, 11) is 0. The van der Waals surface area contributed by atoms with Crippen LogP contribution in [0, 0.1) is 0 Å². The molecule has 0 atom stereocenters. The molecule has 2 heterocycles. The summed E-state index contributed by atoms with van der Waals surface area (Å²) in [4.78, 5) is 20.8. The van der Waals surface area contributed by atoms with Crippen LogP contribution in [-0.2, 0) is 12.7 Å². The molecule has 0 saturated heterocycles. The molecule has 9 heteroatoms. The molecule has 0 radical (unpaired) electrons. The molecule has 1 amide bonds. The number of pyridine rings is 2. The number of benzene rings is 1. The Kier molecular flexibility index (Phi) is 5.51. The van der Waals surface area contributed by atoms with Crippen LogP contribution >= 0.6 is 11.6 Å². The molecule has 0 unspecified atom stereocenters. The Morgan fingerprint density at radius 1 is 1.14 bits per heavy atom. The lowest BCUT2D eigenvalue weighted by atomic mass is 10.1. The third-order valence-electron chi connectivity index (χ3n) is 3.88. The van der Waals surface area contributed by atoms with Gasteiger partial charge in [0.05, 0.1) is 28.5 Å². The van der Waals surface area contributed by atoms with E-state index in [0.29, 0.717) is 17.5 Å².